The van der Waals surface area contributed by atoms with Gasteiger partial charge in [0.25, 0.3) is 0 Å². The molecule has 0 saturated heterocycles. The molecule has 0 aromatic carbocycles. The SMILES string of the molecule is CCCCCCCC/N=C(/C)N(C)C. The third kappa shape index (κ3) is 8.09. The fraction of sp³-hybridized carbons (Fsp3) is 0.917. The molecule has 0 aliphatic carbocycles. The lowest BCUT2D eigenvalue weighted by atomic mass is 10.1. The van der Waals surface area contributed by atoms with Crippen molar-refractivity contribution in [3.8, 4) is 0 Å². The molecule has 84 valence electrons. The normalized spacial score (nSPS) is 11.9. The van der Waals surface area contributed by atoms with Crippen molar-refractivity contribution in [1.29, 1.82) is 0 Å². The molecule has 14 heavy (non-hydrogen) atoms. The summed E-state index contributed by atoms with van der Waals surface area (Å²) in [6.45, 7) is 5.32. The van der Waals surface area contributed by atoms with Gasteiger partial charge >= 0.3 is 0 Å². The second kappa shape index (κ2) is 9.04. The van der Waals surface area contributed by atoms with E-state index in [0.717, 1.165) is 12.4 Å². The van der Waals surface area contributed by atoms with Crippen molar-refractivity contribution in [1.82, 2.24) is 4.90 Å². The summed E-state index contributed by atoms with van der Waals surface area (Å²) in [6.07, 6.45) is 8.08. The second-order valence-corrected chi connectivity index (χ2v) is 4.09. The highest BCUT2D eigenvalue weighted by Gasteiger charge is 1.92. The van der Waals surface area contributed by atoms with Crippen LogP contribution in [0.25, 0.3) is 0 Å². The van der Waals surface area contributed by atoms with Crippen LogP contribution < -0.4 is 0 Å². The van der Waals surface area contributed by atoms with Crippen molar-refractivity contribution in [3.63, 3.8) is 0 Å². The minimum atomic E-state index is 0.996. The van der Waals surface area contributed by atoms with Gasteiger partial charge in [0.2, 0.25) is 0 Å². The third-order valence-corrected chi connectivity index (χ3v) is 2.50. The van der Waals surface area contributed by atoms with Gasteiger partial charge < -0.3 is 4.90 Å². The Balaban J connectivity index is 3.24. The topological polar surface area (TPSA) is 15.6 Å². The van der Waals surface area contributed by atoms with Gasteiger partial charge in [0.1, 0.15) is 0 Å². The van der Waals surface area contributed by atoms with Gasteiger partial charge in [-0.05, 0) is 13.3 Å². The van der Waals surface area contributed by atoms with Gasteiger partial charge in [0.15, 0.2) is 0 Å². The summed E-state index contributed by atoms with van der Waals surface area (Å²) in [5.74, 6) is 1.14. The van der Waals surface area contributed by atoms with Crippen LogP contribution >= 0.6 is 0 Å². The Bertz CT molecular complexity index is 150. The Kier molecular flexibility index (Phi) is 8.70. The Morgan fingerprint density at radius 3 is 2.14 bits per heavy atom. The number of nitrogens with zero attached hydrogens (tertiary/aromatic N) is 2. The summed E-state index contributed by atoms with van der Waals surface area (Å²) in [7, 11) is 4.08. The first-order valence-corrected chi connectivity index (χ1v) is 5.86. The Labute approximate surface area is 89.4 Å². The molecule has 0 saturated carbocycles. The summed E-state index contributed by atoms with van der Waals surface area (Å²) in [5, 5.41) is 0. The van der Waals surface area contributed by atoms with Crippen LogP contribution in [-0.4, -0.2) is 31.4 Å². The molecule has 0 aliphatic heterocycles. The van der Waals surface area contributed by atoms with E-state index in [1.54, 1.807) is 0 Å². The molecular weight excluding hydrogens is 172 g/mol. The van der Waals surface area contributed by atoms with Crippen LogP contribution in [0.3, 0.4) is 0 Å². The van der Waals surface area contributed by atoms with Crippen LogP contribution in [0.5, 0.6) is 0 Å². The molecule has 0 aliphatic rings. The zero-order valence-electron chi connectivity index (χ0n) is 10.3. The zero-order chi connectivity index (χ0) is 10.8. The van der Waals surface area contributed by atoms with Crippen LogP contribution in [0.4, 0.5) is 0 Å². The van der Waals surface area contributed by atoms with Crippen LogP contribution in [-0.2, 0) is 0 Å². The second-order valence-electron chi connectivity index (χ2n) is 4.09. The zero-order valence-corrected chi connectivity index (χ0v) is 10.3. The van der Waals surface area contributed by atoms with Gasteiger partial charge in [-0.3, -0.25) is 4.99 Å². The van der Waals surface area contributed by atoms with Crippen LogP contribution in [0.1, 0.15) is 52.4 Å². The van der Waals surface area contributed by atoms with Crippen molar-refractivity contribution in [2.45, 2.75) is 52.4 Å². The van der Waals surface area contributed by atoms with Gasteiger partial charge in [0.05, 0.1) is 5.84 Å². The molecule has 0 bridgehead atoms. The maximum absolute atomic E-state index is 4.48. The molecule has 2 heteroatoms. The van der Waals surface area contributed by atoms with Crippen molar-refractivity contribution in [3.05, 3.63) is 0 Å². The van der Waals surface area contributed by atoms with Crippen molar-refractivity contribution in [2.24, 2.45) is 4.99 Å². The summed E-state index contributed by atoms with van der Waals surface area (Å²) < 4.78 is 0. The molecular formula is C12H26N2. The smallest absolute Gasteiger partial charge is 0.0952 e. The average molecular weight is 198 g/mol. The first kappa shape index (κ1) is 13.5. The molecule has 0 heterocycles. The largest absolute Gasteiger partial charge is 0.367 e. The average Bonchev–Trinajstić information content (AvgIpc) is 2.16. The maximum Gasteiger partial charge on any atom is 0.0952 e. The minimum absolute atomic E-state index is 0.996. The first-order valence-electron chi connectivity index (χ1n) is 5.86. The molecule has 0 rings (SSSR count). The Morgan fingerprint density at radius 1 is 1.00 bits per heavy atom. The van der Waals surface area contributed by atoms with E-state index < -0.39 is 0 Å². The molecule has 2 nitrogen and oxygen atoms in total. The predicted molar refractivity (Wildman–Crippen MR) is 65.0 cm³/mol. The molecule has 0 spiro atoms. The van der Waals surface area contributed by atoms with Gasteiger partial charge in [-0.25, -0.2) is 0 Å². The molecule has 0 unspecified atom stereocenters. The van der Waals surface area contributed by atoms with E-state index in [0.29, 0.717) is 0 Å². The van der Waals surface area contributed by atoms with Gasteiger partial charge in [-0.1, -0.05) is 39.0 Å². The van der Waals surface area contributed by atoms with E-state index in [4.69, 9.17) is 0 Å². The Hall–Kier alpha value is -0.530. The lowest BCUT2D eigenvalue weighted by Crippen LogP contribution is -2.18. The Morgan fingerprint density at radius 2 is 1.57 bits per heavy atom. The highest BCUT2D eigenvalue weighted by atomic mass is 15.1. The van der Waals surface area contributed by atoms with Crippen LogP contribution in [0, 0.1) is 0 Å². The molecule has 0 atom stereocenters. The highest BCUT2D eigenvalue weighted by molar-refractivity contribution is 5.79. The van der Waals surface area contributed by atoms with Crippen LogP contribution in [0.2, 0.25) is 0 Å². The summed E-state index contributed by atoms with van der Waals surface area (Å²) in [5.41, 5.74) is 0. The van der Waals surface area contributed by atoms with Crippen molar-refractivity contribution < 1.29 is 0 Å². The number of amidine groups is 1. The monoisotopic (exact) mass is 198 g/mol. The van der Waals surface area contributed by atoms with E-state index in [1.807, 2.05) is 14.1 Å². The number of hydrogen-bond acceptors (Lipinski definition) is 1. The predicted octanol–water partition coefficient (Wildman–Crippen LogP) is 3.33. The standard InChI is InChI=1S/C12H26N2/c1-5-6-7-8-9-10-11-13-12(2)14(3)4/h5-11H2,1-4H3/b13-12-. The molecule has 0 N–H and O–H groups in total. The van der Waals surface area contributed by atoms with E-state index in [2.05, 4.69) is 23.7 Å². The van der Waals surface area contributed by atoms with E-state index in [-0.39, 0.29) is 0 Å². The van der Waals surface area contributed by atoms with Gasteiger partial charge in [-0.15, -0.1) is 0 Å². The van der Waals surface area contributed by atoms with Gasteiger partial charge in [-0.2, -0.15) is 0 Å². The number of aliphatic imine (C=N–C) groups is 1. The fourth-order valence-electron chi connectivity index (χ4n) is 1.27. The molecule has 0 amide bonds. The number of rotatable bonds is 7. The molecule has 0 radical (unpaired) electrons. The van der Waals surface area contributed by atoms with E-state index >= 15 is 0 Å². The molecule has 0 fully saturated rings. The van der Waals surface area contributed by atoms with E-state index in [1.165, 1.54) is 38.5 Å². The number of hydrogen-bond donors (Lipinski definition) is 0. The van der Waals surface area contributed by atoms with Gasteiger partial charge in [0, 0.05) is 20.6 Å². The summed E-state index contributed by atoms with van der Waals surface area (Å²) in [4.78, 5) is 6.55. The lowest BCUT2D eigenvalue weighted by Gasteiger charge is -2.10. The number of unbranched alkanes of at least 4 members (excludes halogenated alkanes) is 5. The molecule has 0 aromatic rings. The quantitative estimate of drug-likeness (QED) is 0.348. The van der Waals surface area contributed by atoms with E-state index in [9.17, 15) is 0 Å². The summed E-state index contributed by atoms with van der Waals surface area (Å²) >= 11 is 0. The third-order valence-electron chi connectivity index (χ3n) is 2.50. The lowest BCUT2D eigenvalue weighted by molar-refractivity contribution is 0.595. The molecule has 0 aromatic heterocycles. The first-order chi connectivity index (χ1) is 6.68. The summed E-state index contributed by atoms with van der Waals surface area (Å²) in [6, 6.07) is 0. The highest BCUT2D eigenvalue weighted by Crippen LogP contribution is 2.04. The maximum atomic E-state index is 4.48. The fourth-order valence-corrected chi connectivity index (χ4v) is 1.27. The minimum Gasteiger partial charge on any atom is -0.367 e. The van der Waals surface area contributed by atoms with Crippen molar-refractivity contribution in [2.75, 3.05) is 20.6 Å². The van der Waals surface area contributed by atoms with Crippen LogP contribution in [0.15, 0.2) is 4.99 Å². The van der Waals surface area contributed by atoms with Crippen molar-refractivity contribution >= 4 is 5.84 Å².